The van der Waals surface area contributed by atoms with Crippen LogP contribution in [0.15, 0.2) is 52.3 Å². The van der Waals surface area contributed by atoms with Crippen molar-refractivity contribution in [1.29, 1.82) is 0 Å². The van der Waals surface area contributed by atoms with Crippen molar-refractivity contribution in [1.82, 2.24) is 0 Å². The van der Waals surface area contributed by atoms with Crippen molar-refractivity contribution in [2.75, 3.05) is 19.1 Å². The Hall–Kier alpha value is -2.55. The highest BCUT2D eigenvalue weighted by Gasteiger charge is 2.30. The fourth-order valence-corrected chi connectivity index (χ4v) is 2.92. The van der Waals surface area contributed by atoms with Crippen molar-refractivity contribution >= 4 is 33.6 Å². The maximum Gasteiger partial charge on any atom is 0.355 e. The van der Waals surface area contributed by atoms with Gasteiger partial charge in [-0.15, -0.1) is 0 Å². The zero-order chi connectivity index (χ0) is 19.4. The number of esters is 2. The summed E-state index contributed by atoms with van der Waals surface area (Å²) in [5.41, 5.74) is -1.29. The Balaban J connectivity index is 2.74. The van der Waals surface area contributed by atoms with E-state index in [9.17, 15) is 22.8 Å². The Morgan fingerprint density at radius 1 is 1.12 bits per heavy atom. The number of nitrogens with zero attached hydrogens (tertiary/aromatic N) is 1. The molecule has 0 bridgehead atoms. The molecule has 2 rings (SSSR count). The Morgan fingerprint density at radius 3 is 2.31 bits per heavy atom. The minimum absolute atomic E-state index is 0.0371. The lowest BCUT2D eigenvalue weighted by Crippen LogP contribution is -2.28. The number of rotatable bonds is 4. The molecular weight excluding hydrogens is 419 g/mol. The van der Waals surface area contributed by atoms with Crippen LogP contribution in [0.4, 0.5) is 18.9 Å². The monoisotopic (exact) mass is 431 g/mol. The third kappa shape index (κ3) is 3.82. The third-order valence-corrected chi connectivity index (χ3v) is 4.03. The van der Waals surface area contributed by atoms with Crippen molar-refractivity contribution in [3.8, 4) is 0 Å². The number of methoxy groups -OCH3 is 2. The van der Waals surface area contributed by atoms with Crippen molar-refractivity contribution in [2.45, 2.75) is 6.43 Å². The molecule has 1 aromatic rings. The van der Waals surface area contributed by atoms with E-state index in [0.717, 1.165) is 25.2 Å². The second-order valence-corrected chi connectivity index (χ2v) is 5.80. The van der Waals surface area contributed by atoms with Crippen LogP contribution in [0.1, 0.15) is 12.0 Å². The number of carbonyl (C=O) groups excluding carboxylic acids is 2. The van der Waals surface area contributed by atoms with Crippen molar-refractivity contribution in [3.63, 3.8) is 0 Å². The van der Waals surface area contributed by atoms with Gasteiger partial charge in [-0.1, -0.05) is 6.08 Å². The largest absolute Gasteiger partial charge is 0.465 e. The van der Waals surface area contributed by atoms with E-state index in [1.165, 1.54) is 24.4 Å². The standard InChI is InChI=1S/C17H13BrF3NO4/c1-25-16(23)10-5-3-4-6-22(13(10)17(24)26-2)14-11(18)7-9(15(20)21)8-12(14)19/h3-8,15H,1-2H3. The van der Waals surface area contributed by atoms with Crippen molar-refractivity contribution in [2.24, 2.45) is 0 Å². The molecule has 0 spiro atoms. The SMILES string of the molecule is COC(=O)C1=C(C(=O)OC)N(c2c(F)cc(C(F)F)cc2Br)C=CC=C1. The van der Waals surface area contributed by atoms with E-state index in [2.05, 4.69) is 20.7 Å². The van der Waals surface area contributed by atoms with Crippen LogP contribution in [0.3, 0.4) is 0 Å². The van der Waals surface area contributed by atoms with Crippen LogP contribution in [-0.2, 0) is 19.1 Å². The quantitative estimate of drug-likeness (QED) is 0.674. The molecule has 1 aliphatic heterocycles. The van der Waals surface area contributed by atoms with Gasteiger partial charge < -0.3 is 14.4 Å². The predicted molar refractivity (Wildman–Crippen MR) is 90.9 cm³/mol. The van der Waals surface area contributed by atoms with Crippen LogP contribution >= 0.6 is 15.9 Å². The normalized spacial score (nSPS) is 13.9. The van der Waals surface area contributed by atoms with Crippen LogP contribution in [0.2, 0.25) is 0 Å². The highest BCUT2D eigenvalue weighted by atomic mass is 79.9. The lowest BCUT2D eigenvalue weighted by Gasteiger charge is -2.25. The summed E-state index contributed by atoms with van der Waals surface area (Å²) in [5, 5.41) is 0. The molecule has 0 radical (unpaired) electrons. The van der Waals surface area contributed by atoms with Crippen LogP contribution < -0.4 is 4.90 Å². The van der Waals surface area contributed by atoms with Crippen molar-refractivity contribution in [3.05, 3.63) is 63.7 Å². The van der Waals surface area contributed by atoms with Gasteiger partial charge in [-0.25, -0.2) is 22.8 Å². The zero-order valence-corrected chi connectivity index (χ0v) is 15.2. The molecule has 0 atom stereocenters. The van der Waals surface area contributed by atoms with E-state index in [1.807, 2.05) is 0 Å². The molecule has 1 aromatic carbocycles. The van der Waals surface area contributed by atoms with Crippen LogP contribution in [0, 0.1) is 5.82 Å². The Labute approximate surface area is 155 Å². The van der Waals surface area contributed by atoms with Gasteiger partial charge in [-0.3, -0.25) is 0 Å². The Kier molecular flexibility index (Phi) is 6.25. The molecule has 0 saturated carbocycles. The van der Waals surface area contributed by atoms with Gasteiger partial charge in [0.1, 0.15) is 11.5 Å². The summed E-state index contributed by atoms with van der Waals surface area (Å²) in [4.78, 5) is 25.4. The minimum Gasteiger partial charge on any atom is -0.465 e. The fraction of sp³-hybridized carbons (Fsp3) is 0.176. The van der Waals surface area contributed by atoms with Gasteiger partial charge in [0.2, 0.25) is 0 Å². The third-order valence-electron chi connectivity index (χ3n) is 3.42. The number of allylic oxidation sites excluding steroid dienone is 2. The molecule has 0 unspecified atom stereocenters. The molecule has 0 saturated heterocycles. The van der Waals surface area contributed by atoms with Crippen LogP contribution in [0.5, 0.6) is 0 Å². The van der Waals surface area contributed by atoms with E-state index in [1.54, 1.807) is 0 Å². The number of halogens is 4. The van der Waals surface area contributed by atoms with E-state index >= 15 is 0 Å². The summed E-state index contributed by atoms with van der Waals surface area (Å²) in [7, 11) is 2.21. The number of hydrogen-bond donors (Lipinski definition) is 0. The molecule has 0 amide bonds. The first kappa shape index (κ1) is 19.8. The molecule has 0 aromatic heterocycles. The van der Waals surface area contributed by atoms with Gasteiger partial charge in [0, 0.05) is 16.2 Å². The van der Waals surface area contributed by atoms with E-state index < -0.39 is 29.7 Å². The van der Waals surface area contributed by atoms with Crippen LogP contribution in [-0.4, -0.2) is 26.2 Å². The molecule has 1 aliphatic rings. The summed E-state index contributed by atoms with van der Waals surface area (Å²) in [5.74, 6) is -2.81. The molecule has 0 fully saturated rings. The summed E-state index contributed by atoms with van der Waals surface area (Å²) in [6, 6.07) is 1.69. The number of hydrogen-bond acceptors (Lipinski definition) is 5. The summed E-state index contributed by atoms with van der Waals surface area (Å²) in [6.45, 7) is 0. The summed E-state index contributed by atoms with van der Waals surface area (Å²) in [6.07, 6.45) is 2.59. The topological polar surface area (TPSA) is 55.8 Å². The maximum atomic E-state index is 14.6. The van der Waals surface area contributed by atoms with Gasteiger partial charge in [0.25, 0.3) is 6.43 Å². The number of carbonyl (C=O) groups is 2. The predicted octanol–water partition coefficient (Wildman–Crippen LogP) is 4.02. The minimum atomic E-state index is -2.88. The van der Waals surface area contributed by atoms with Crippen molar-refractivity contribution < 1.29 is 32.2 Å². The molecular formula is C17H13BrF3NO4. The number of ether oxygens (including phenoxy) is 2. The summed E-state index contributed by atoms with van der Waals surface area (Å²) >= 11 is 3.04. The van der Waals surface area contributed by atoms with E-state index in [4.69, 9.17) is 4.74 Å². The number of alkyl halides is 2. The Morgan fingerprint density at radius 2 is 1.77 bits per heavy atom. The van der Waals surface area contributed by atoms with Gasteiger partial charge in [-0.2, -0.15) is 0 Å². The lowest BCUT2D eigenvalue weighted by molar-refractivity contribution is -0.139. The smallest absolute Gasteiger partial charge is 0.355 e. The second-order valence-electron chi connectivity index (χ2n) is 4.95. The molecule has 9 heteroatoms. The highest BCUT2D eigenvalue weighted by Crippen LogP contribution is 2.37. The highest BCUT2D eigenvalue weighted by molar-refractivity contribution is 9.10. The first-order chi connectivity index (χ1) is 12.3. The average molecular weight is 432 g/mol. The molecule has 0 aliphatic carbocycles. The number of anilines is 1. The first-order valence-corrected chi connectivity index (χ1v) is 7.93. The van der Waals surface area contributed by atoms with Gasteiger partial charge in [0.15, 0.2) is 0 Å². The lowest BCUT2D eigenvalue weighted by atomic mass is 10.1. The molecule has 138 valence electrons. The fourth-order valence-electron chi connectivity index (χ4n) is 2.28. The van der Waals surface area contributed by atoms with E-state index in [0.29, 0.717) is 6.07 Å². The maximum absolute atomic E-state index is 14.6. The van der Waals surface area contributed by atoms with E-state index in [-0.39, 0.29) is 21.4 Å². The van der Waals surface area contributed by atoms with Crippen LogP contribution in [0.25, 0.3) is 0 Å². The zero-order valence-electron chi connectivity index (χ0n) is 13.6. The van der Waals surface area contributed by atoms with Gasteiger partial charge in [-0.05, 0) is 40.2 Å². The second kappa shape index (κ2) is 8.22. The summed E-state index contributed by atoms with van der Waals surface area (Å²) < 4.78 is 49.6. The Bertz CT molecular complexity index is 810. The van der Waals surface area contributed by atoms with Gasteiger partial charge in [0.05, 0.1) is 25.5 Å². The molecule has 0 N–H and O–H groups in total. The number of benzene rings is 1. The molecule has 1 heterocycles. The first-order valence-electron chi connectivity index (χ1n) is 7.13. The average Bonchev–Trinajstić information content (AvgIpc) is 2.82. The van der Waals surface area contributed by atoms with Gasteiger partial charge >= 0.3 is 11.9 Å². The molecule has 5 nitrogen and oxygen atoms in total. The molecule has 26 heavy (non-hydrogen) atoms.